The van der Waals surface area contributed by atoms with Crippen molar-refractivity contribution in [2.75, 3.05) is 20.2 Å². The number of rotatable bonds is 6. The molecule has 0 aliphatic heterocycles. The lowest BCUT2D eigenvalue weighted by molar-refractivity contribution is -0.0475. The summed E-state index contributed by atoms with van der Waals surface area (Å²) in [5.74, 6) is 0. The maximum absolute atomic E-state index is 6.01. The SMILES string of the molecule is CCN(C1CCCC1)C(C)(CN)C(C)OC. The molecule has 1 aliphatic rings. The summed E-state index contributed by atoms with van der Waals surface area (Å²) < 4.78 is 5.53. The number of nitrogens with zero attached hydrogens (tertiary/aromatic N) is 1. The fourth-order valence-corrected chi connectivity index (χ4v) is 3.02. The van der Waals surface area contributed by atoms with Crippen molar-refractivity contribution in [1.29, 1.82) is 0 Å². The Morgan fingerprint density at radius 2 is 2.00 bits per heavy atom. The van der Waals surface area contributed by atoms with E-state index in [0.29, 0.717) is 12.6 Å². The molecule has 2 N–H and O–H groups in total. The van der Waals surface area contributed by atoms with Gasteiger partial charge in [-0.1, -0.05) is 19.8 Å². The molecule has 0 bridgehead atoms. The van der Waals surface area contributed by atoms with Crippen molar-refractivity contribution in [1.82, 2.24) is 4.90 Å². The standard InChI is InChI=1S/C13H28N2O/c1-5-15(12-8-6-7-9-12)13(3,10-14)11(2)16-4/h11-12H,5-10,14H2,1-4H3. The molecular formula is C13H28N2O. The van der Waals surface area contributed by atoms with Gasteiger partial charge in [0.05, 0.1) is 11.6 Å². The smallest absolute Gasteiger partial charge is 0.0736 e. The van der Waals surface area contributed by atoms with E-state index in [0.717, 1.165) is 6.54 Å². The van der Waals surface area contributed by atoms with Crippen molar-refractivity contribution in [3.8, 4) is 0 Å². The molecule has 0 spiro atoms. The predicted molar refractivity (Wildman–Crippen MR) is 68.6 cm³/mol. The Morgan fingerprint density at radius 3 is 2.38 bits per heavy atom. The third-order valence-corrected chi connectivity index (χ3v) is 4.40. The molecular weight excluding hydrogens is 200 g/mol. The van der Waals surface area contributed by atoms with Gasteiger partial charge in [-0.2, -0.15) is 0 Å². The van der Waals surface area contributed by atoms with Gasteiger partial charge in [-0.15, -0.1) is 0 Å². The molecule has 16 heavy (non-hydrogen) atoms. The Morgan fingerprint density at radius 1 is 1.44 bits per heavy atom. The van der Waals surface area contributed by atoms with E-state index >= 15 is 0 Å². The van der Waals surface area contributed by atoms with Gasteiger partial charge in [-0.25, -0.2) is 0 Å². The maximum Gasteiger partial charge on any atom is 0.0736 e. The van der Waals surface area contributed by atoms with Crippen LogP contribution in [0.15, 0.2) is 0 Å². The lowest BCUT2D eigenvalue weighted by Crippen LogP contribution is -2.61. The molecule has 1 rings (SSSR count). The van der Waals surface area contributed by atoms with Gasteiger partial charge in [0, 0.05) is 19.7 Å². The number of ether oxygens (including phenoxy) is 1. The van der Waals surface area contributed by atoms with E-state index in [4.69, 9.17) is 10.5 Å². The number of hydrogen-bond acceptors (Lipinski definition) is 3. The lowest BCUT2D eigenvalue weighted by atomic mass is 9.91. The van der Waals surface area contributed by atoms with E-state index in [2.05, 4.69) is 25.7 Å². The second-order valence-electron chi connectivity index (χ2n) is 5.16. The van der Waals surface area contributed by atoms with Crippen LogP contribution in [-0.4, -0.2) is 42.8 Å². The predicted octanol–water partition coefficient (Wildman–Crippen LogP) is 2.00. The highest BCUT2D eigenvalue weighted by atomic mass is 16.5. The van der Waals surface area contributed by atoms with Crippen LogP contribution in [0.25, 0.3) is 0 Å². The Bertz CT molecular complexity index is 204. The molecule has 96 valence electrons. The van der Waals surface area contributed by atoms with Gasteiger partial charge < -0.3 is 10.5 Å². The summed E-state index contributed by atoms with van der Waals surface area (Å²) in [6.07, 6.45) is 5.55. The Kier molecular flexibility index (Phi) is 5.22. The van der Waals surface area contributed by atoms with Crippen LogP contribution in [0.1, 0.15) is 46.5 Å². The molecule has 3 heteroatoms. The summed E-state index contributed by atoms with van der Waals surface area (Å²) in [7, 11) is 1.78. The molecule has 1 aliphatic carbocycles. The van der Waals surface area contributed by atoms with Crippen molar-refractivity contribution >= 4 is 0 Å². The normalized spacial score (nSPS) is 23.6. The summed E-state index contributed by atoms with van der Waals surface area (Å²) in [6, 6.07) is 0.705. The number of nitrogens with two attached hydrogens (primary N) is 1. The van der Waals surface area contributed by atoms with E-state index in [1.807, 2.05) is 0 Å². The Balaban J connectivity index is 2.80. The highest BCUT2D eigenvalue weighted by molar-refractivity contribution is 4.96. The number of hydrogen-bond donors (Lipinski definition) is 1. The first-order valence-corrected chi connectivity index (χ1v) is 6.59. The maximum atomic E-state index is 6.01. The first-order valence-electron chi connectivity index (χ1n) is 6.59. The highest BCUT2D eigenvalue weighted by Gasteiger charge is 2.39. The zero-order chi connectivity index (χ0) is 12.2. The molecule has 0 heterocycles. The van der Waals surface area contributed by atoms with Crippen LogP contribution in [0.2, 0.25) is 0 Å². The summed E-state index contributed by atoms with van der Waals surface area (Å²) in [5.41, 5.74) is 5.98. The monoisotopic (exact) mass is 228 g/mol. The van der Waals surface area contributed by atoms with Crippen molar-refractivity contribution in [2.24, 2.45) is 5.73 Å². The molecule has 0 saturated heterocycles. The summed E-state index contributed by atoms with van der Waals surface area (Å²) in [4.78, 5) is 2.56. The average molecular weight is 228 g/mol. The van der Waals surface area contributed by atoms with Crippen molar-refractivity contribution in [3.63, 3.8) is 0 Å². The zero-order valence-corrected chi connectivity index (χ0v) is 11.3. The zero-order valence-electron chi connectivity index (χ0n) is 11.3. The van der Waals surface area contributed by atoms with E-state index in [1.165, 1.54) is 25.7 Å². The topological polar surface area (TPSA) is 38.5 Å². The number of likely N-dealkylation sites (N-methyl/N-ethyl adjacent to an activating group) is 1. The third kappa shape index (κ3) is 2.58. The molecule has 3 nitrogen and oxygen atoms in total. The molecule has 2 unspecified atom stereocenters. The van der Waals surface area contributed by atoms with Crippen molar-refractivity contribution in [3.05, 3.63) is 0 Å². The van der Waals surface area contributed by atoms with Crippen LogP contribution in [-0.2, 0) is 4.74 Å². The minimum absolute atomic E-state index is 0.0293. The molecule has 1 saturated carbocycles. The quantitative estimate of drug-likeness (QED) is 0.756. The van der Waals surface area contributed by atoms with Crippen LogP contribution < -0.4 is 5.73 Å². The Hall–Kier alpha value is -0.120. The van der Waals surface area contributed by atoms with Gasteiger partial charge in [0.2, 0.25) is 0 Å². The van der Waals surface area contributed by atoms with E-state index in [-0.39, 0.29) is 11.6 Å². The van der Waals surface area contributed by atoms with Crippen LogP contribution in [0, 0.1) is 0 Å². The third-order valence-electron chi connectivity index (χ3n) is 4.40. The van der Waals surface area contributed by atoms with Gasteiger partial charge in [-0.3, -0.25) is 4.90 Å². The lowest BCUT2D eigenvalue weighted by Gasteiger charge is -2.47. The second kappa shape index (κ2) is 5.99. The summed E-state index contributed by atoms with van der Waals surface area (Å²) in [5, 5.41) is 0. The minimum atomic E-state index is -0.0293. The first-order chi connectivity index (χ1) is 7.60. The van der Waals surface area contributed by atoms with Crippen LogP contribution in [0.4, 0.5) is 0 Å². The average Bonchev–Trinajstić information content (AvgIpc) is 2.82. The minimum Gasteiger partial charge on any atom is -0.380 e. The van der Waals surface area contributed by atoms with Crippen LogP contribution in [0.5, 0.6) is 0 Å². The summed E-state index contributed by atoms with van der Waals surface area (Å²) >= 11 is 0. The van der Waals surface area contributed by atoms with Gasteiger partial charge in [-0.05, 0) is 33.2 Å². The summed E-state index contributed by atoms with van der Waals surface area (Å²) in [6.45, 7) is 8.32. The van der Waals surface area contributed by atoms with E-state index < -0.39 is 0 Å². The van der Waals surface area contributed by atoms with Gasteiger partial charge in [0.1, 0.15) is 0 Å². The van der Waals surface area contributed by atoms with Crippen molar-refractivity contribution < 1.29 is 4.74 Å². The van der Waals surface area contributed by atoms with Crippen LogP contribution in [0.3, 0.4) is 0 Å². The molecule has 0 aromatic carbocycles. The Labute approximate surface area is 100 Å². The fraction of sp³-hybridized carbons (Fsp3) is 1.00. The van der Waals surface area contributed by atoms with Gasteiger partial charge >= 0.3 is 0 Å². The van der Waals surface area contributed by atoms with Gasteiger partial charge in [0.25, 0.3) is 0 Å². The molecule has 0 radical (unpaired) electrons. The highest BCUT2D eigenvalue weighted by Crippen LogP contribution is 2.31. The first kappa shape index (κ1) is 13.9. The molecule has 0 amide bonds. The fourth-order valence-electron chi connectivity index (χ4n) is 3.02. The van der Waals surface area contributed by atoms with E-state index in [9.17, 15) is 0 Å². The number of methoxy groups -OCH3 is 1. The van der Waals surface area contributed by atoms with Crippen LogP contribution >= 0.6 is 0 Å². The van der Waals surface area contributed by atoms with Crippen molar-refractivity contribution in [2.45, 2.75) is 64.1 Å². The molecule has 2 atom stereocenters. The molecule has 1 fully saturated rings. The molecule has 0 aromatic rings. The molecule has 0 aromatic heterocycles. The largest absolute Gasteiger partial charge is 0.380 e. The second-order valence-corrected chi connectivity index (χ2v) is 5.16. The van der Waals surface area contributed by atoms with Gasteiger partial charge in [0.15, 0.2) is 0 Å². The van der Waals surface area contributed by atoms with E-state index in [1.54, 1.807) is 7.11 Å².